The van der Waals surface area contributed by atoms with Crippen LogP contribution < -0.4 is 36.6 Å². The van der Waals surface area contributed by atoms with E-state index in [4.69, 9.17) is 0 Å². The second-order valence-electron chi connectivity index (χ2n) is 7.76. The lowest BCUT2D eigenvalue weighted by molar-refractivity contribution is -0.685. The van der Waals surface area contributed by atoms with Gasteiger partial charge in [0, 0.05) is 24.1 Å². The molecule has 33 heavy (non-hydrogen) atoms. The van der Waals surface area contributed by atoms with E-state index in [1.807, 2.05) is 17.6 Å². The van der Waals surface area contributed by atoms with Gasteiger partial charge in [0.2, 0.25) is 0 Å². The summed E-state index contributed by atoms with van der Waals surface area (Å²) in [5.41, 5.74) is 3.75. The average molecular weight is 514 g/mol. The Bertz CT molecular complexity index is 1470. The molecule has 2 aromatic heterocycles. The molecule has 0 amide bonds. The van der Waals surface area contributed by atoms with Gasteiger partial charge in [-0.05, 0) is 31.5 Å². The lowest BCUT2D eigenvalue weighted by Crippen LogP contribution is -3.00. The maximum atomic E-state index is 13.4. The van der Waals surface area contributed by atoms with Crippen LogP contribution in [-0.4, -0.2) is 11.6 Å². The van der Waals surface area contributed by atoms with Crippen molar-refractivity contribution in [3.05, 3.63) is 95.8 Å². The summed E-state index contributed by atoms with van der Waals surface area (Å²) in [4.78, 5) is 16.7. The third-order valence-electron chi connectivity index (χ3n) is 5.57. The Labute approximate surface area is 211 Å². The molecule has 0 bridgehead atoms. The molecular formula is C25H24ClN3OS3. The monoisotopic (exact) mass is 513 g/mol. The number of nitrogens with zero attached hydrogens (tertiary/aromatic N) is 3. The van der Waals surface area contributed by atoms with E-state index >= 15 is 0 Å². The van der Waals surface area contributed by atoms with Crippen LogP contribution >= 0.6 is 34.4 Å². The summed E-state index contributed by atoms with van der Waals surface area (Å²) in [7, 11) is 2.05. The predicted octanol–water partition coefficient (Wildman–Crippen LogP) is 0.776. The molecule has 0 N–H and O–H groups in total. The number of anilines is 1. The minimum absolute atomic E-state index is 0. The highest BCUT2D eigenvalue weighted by molar-refractivity contribution is 8.08. The predicted molar refractivity (Wildman–Crippen MR) is 136 cm³/mol. The quantitative estimate of drug-likeness (QED) is 0.378. The molecule has 4 aromatic rings. The molecule has 5 rings (SSSR count). The number of halogens is 1. The number of thiazole rings is 2. The molecular weight excluding hydrogens is 490 g/mol. The molecule has 1 aliphatic heterocycles. The Morgan fingerprint density at radius 3 is 2.67 bits per heavy atom. The van der Waals surface area contributed by atoms with Crippen molar-refractivity contribution in [1.82, 2.24) is 4.57 Å². The summed E-state index contributed by atoms with van der Waals surface area (Å²) in [6.07, 6.45) is 4.27. The molecule has 4 nitrogen and oxygen atoms in total. The Hall–Kier alpha value is -2.32. The topological polar surface area (TPSA) is 29.1 Å². The fraction of sp³-hybridized carbons (Fsp3) is 0.200. The van der Waals surface area contributed by atoms with Gasteiger partial charge in [-0.25, -0.2) is 0 Å². The molecule has 0 spiro atoms. The number of hydrogen-bond acceptors (Lipinski definition) is 5. The first-order chi connectivity index (χ1) is 15.5. The second kappa shape index (κ2) is 9.89. The molecule has 3 heterocycles. The van der Waals surface area contributed by atoms with E-state index in [0.717, 1.165) is 31.5 Å². The third kappa shape index (κ3) is 4.55. The molecule has 0 fully saturated rings. The zero-order valence-corrected chi connectivity index (χ0v) is 21.8. The number of hydrogen-bond donors (Lipinski definition) is 0. The van der Waals surface area contributed by atoms with E-state index in [1.165, 1.54) is 16.0 Å². The van der Waals surface area contributed by atoms with Crippen molar-refractivity contribution in [3.8, 4) is 0 Å². The zero-order valence-electron chi connectivity index (χ0n) is 18.6. The number of rotatable bonds is 4. The molecule has 0 radical (unpaired) electrons. The number of aromatic nitrogens is 2. The molecule has 0 saturated heterocycles. The summed E-state index contributed by atoms with van der Waals surface area (Å²) in [6, 6.07) is 16.9. The molecule has 0 saturated carbocycles. The highest BCUT2D eigenvalue weighted by Crippen LogP contribution is 2.45. The van der Waals surface area contributed by atoms with Crippen molar-refractivity contribution in [1.29, 1.82) is 0 Å². The Morgan fingerprint density at radius 2 is 1.91 bits per heavy atom. The maximum absolute atomic E-state index is 13.4. The van der Waals surface area contributed by atoms with Crippen LogP contribution in [0, 0.1) is 6.92 Å². The lowest BCUT2D eigenvalue weighted by Gasteiger charge is -2.12. The summed E-state index contributed by atoms with van der Waals surface area (Å²) in [5.74, 6) is 0. The average Bonchev–Trinajstić information content (AvgIpc) is 3.45. The van der Waals surface area contributed by atoms with E-state index < -0.39 is 0 Å². The molecule has 0 atom stereocenters. The fourth-order valence-corrected chi connectivity index (χ4v) is 7.29. The van der Waals surface area contributed by atoms with Crippen LogP contribution in [0.1, 0.15) is 23.1 Å². The van der Waals surface area contributed by atoms with Crippen molar-refractivity contribution in [2.45, 2.75) is 31.8 Å². The van der Waals surface area contributed by atoms with Gasteiger partial charge < -0.3 is 17.3 Å². The number of fused-ring (bicyclic) bond motifs is 1. The zero-order chi connectivity index (χ0) is 22.2. The van der Waals surface area contributed by atoms with Crippen LogP contribution in [0.25, 0.3) is 11.1 Å². The van der Waals surface area contributed by atoms with Gasteiger partial charge in [-0.3, -0.25) is 9.36 Å². The van der Waals surface area contributed by atoms with Gasteiger partial charge >= 0.3 is 0 Å². The SMILES string of the molecule is CCn1c(=O)/c(=C2\Sc3cc(C)ccc3N2C)s/c1=C\c1scc[n+]1Cc1ccccc1.[Cl-]. The molecule has 0 aliphatic carbocycles. The first-order valence-corrected chi connectivity index (χ1v) is 13.0. The van der Waals surface area contributed by atoms with Crippen LogP contribution in [0.4, 0.5) is 5.69 Å². The van der Waals surface area contributed by atoms with Gasteiger partial charge in [0.1, 0.15) is 14.2 Å². The number of aryl methyl sites for hydroxylation is 1. The molecule has 2 aromatic carbocycles. The number of benzene rings is 2. The molecule has 0 unspecified atom stereocenters. The standard InChI is InChI=1S/C25H24N3OS3.ClH/c1-4-28-22(15-21-27(12-13-30-21)16-18-8-6-5-7-9-18)32-23(24(28)29)25-26(3)19-11-10-17(2)14-20(19)31-25;/h5-15H,4,16H2,1-3H3;1H/q+1;/p-1/b25-23+;. The van der Waals surface area contributed by atoms with E-state index in [9.17, 15) is 4.79 Å². The summed E-state index contributed by atoms with van der Waals surface area (Å²) in [5, 5.41) is 4.26. The lowest BCUT2D eigenvalue weighted by atomic mass is 10.2. The normalized spacial score (nSPS) is 15.0. The highest BCUT2D eigenvalue weighted by atomic mass is 35.5. The molecule has 170 valence electrons. The highest BCUT2D eigenvalue weighted by Gasteiger charge is 2.25. The van der Waals surface area contributed by atoms with Crippen molar-refractivity contribution < 1.29 is 17.0 Å². The smallest absolute Gasteiger partial charge is 0.271 e. The Balaban J connectivity index is 0.00000259. The van der Waals surface area contributed by atoms with Crippen LogP contribution in [0.5, 0.6) is 0 Å². The summed E-state index contributed by atoms with van der Waals surface area (Å²) >= 11 is 4.98. The third-order valence-corrected chi connectivity index (χ3v) is 8.88. The Kier molecular flexibility index (Phi) is 7.14. The van der Waals surface area contributed by atoms with Crippen LogP contribution in [0.3, 0.4) is 0 Å². The largest absolute Gasteiger partial charge is 1.00 e. The molecule has 1 aliphatic rings. The Morgan fingerprint density at radius 1 is 1.12 bits per heavy atom. The van der Waals surface area contributed by atoms with Gasteiger partial charge in [-0.1, -0.05) is 59.5 Å². The minimum atomic E-state index is 0. The first-order valence-electron chi connectivity index (χ1n) is 10.5. The van der Waals surface area contributed by atoms with Crippen LogP contribution in [0.15, 0.2) is 69.8 Å². The van der Waals surface area contributed by atoms with Gasteiger partial charge in [0.05, 0.1) is 17.1 Å². The van der Waals surface area contributed by atoms with E-state index in [1.54, 1.807) is 34.4 Å². The van der Waals surface area contributed by atoms with E-state index in [0.29, 0.717) is 6.54 Å². The van der Waals surface area contributed by atoms with Crippen LogP contribution in [-0.2, 0) is 13.1 Å². The van der Waals surface area contributed by atoms with Gasteiger partial charge in [-0.15, -0.1) is 11.3 Å². The maximum Gasteiger partial charge on any atom is 0.271 e. The fourth-order valence-electron chi connectivity index (χ4n) is 3.88. The van der Waals surface area contributed by atoms with Crippen molar-refractivity contribution >= 4 is 51.2 Å². The number of thioether (sulfide) groups is 1. The van der Waals surface area contributed by atoms with E-state index in [2.05, 4.69) is 83.6 Å². The van der Waals surface area contributed by atoms with E-state index in [-0.39, 0.29) is 18.0 Å². The van der Waals surface area contributed by atoms with Crippen molar-refractivity contribution in [3.63, 3.8) is 0 Å². The molecule has 8 heteroatoms. The van der Waals surface area contributed by atoms with Crippen LogP contribution in [0.2, 0.25) is 0 Å². The first kappa shape index (κ1) is 23.8. The summed E-state index contributed by atoms with van der Waals surface area (Å²) < 4.78 is 5.94. The summed E-state index contributed by atoms with van der Waals surface area (Å²) in [6.45, 7) is 5.61. The van der Waals surface area contributed by atoms with Gasteiger partial charge in [0.15, 0.2) is 12.7 Å². The minimum Gasteiger partial charge on any atom is -1.00 e. The van der Waals surface area contributed by atoms with Gasteiger partial charge in [0.25, 0.3) is 10.6 Å². The second-order valence-corrected chi connectivity index (χ2v) is 10.7. The van der Waals surface area contributed by atoms with Crippen molar-refractivity contribution in [2.24, 2.45) is 0 Å². The van der Waals surface area contributed by atoms with Gasteiger partial charge in [-0.2, -0.15) is 4.57 Å². The van der Waals surface area contributed by atoms with Crippen molar-refractivity contribution in [2.75, 3.05) is 11.9 Å².